The predicted octanol–water partition coefficient (Wildman–Crippen LogP) is 3.92. The maximum atomic E-state index is 12.9. The summed E-state index contributed by atoms with van der Waals surface area (Å²) in [5.41, 5.74) is 3.13. The van der Waals surface area contributed by atoms with Crippen molar-refractivity contribution in [3.63, 3.8) is 0 Å². The Morgan fingerprint density at radius 2 is 1.90 bits per heavy atom. The molecule has 4 rings (SSSR count). The summed E-state index contributed by atoms with van der Waals surface area (Å²) in [6, 6.07) is 13.6. The van der Waals surface area contributed by atoms with Crippen LogP contribution in [0.5, 0.6) is 0 Å². The van der Waals surface area contributed by atoms with Crippen LogP contribution in [-0.4, -0.2) is 53.6 Å². The number of benzene rings is 2. The Bertz CT molecular complexity index is 1110. The van der Waals surface area contributed by atoms with Crippen molar-refractivity contribution in [1.82, 2.24) is 9.88 Å². The minimum atomic E-state index is -0.414. The van der Waals surface area contributed by atoms with E-state index in [9.17, 15) is 14.9 Å². The highest BCUT2D eigenvalue weighted by atomic mass is 35.5. The third kappa shape index (κ3) is 4.92. The van der Waals surface area contributed by atoms with E-state index >= 15 is 0 Å². The van der Waals surface area contributed by atoms with E-state index in [1.807, 2.05) is 6.07 Å². The summed E-state index contributed by atoms with van der Waals surface area (Å²) in [7, 11) is 0. The van der Waals surface area contributed by atoms with Gasteiger partial charge in [0.15, 0.2) is 0 Å². The summed E-state index contributed by atoms with van der Waals surface area (Å²) in [5.74, 6) is -0.0306. The highest BCUT2D eigenvalue weighted by Gasteiger charge is 2.19. The first-order valence-corrected chi connectivity index (χ1v) is 10.3. The molecule has 0 bridgehead atoms. The number of morpholine rings is 1. The molecule has 1 aliphatic heterocycles. The van der Waals surface area contributed by atoms with Gasteiger partial charge >= 0.3 is 0 Å². The number of hydrogen-bond donors (Lipinski definition) is 1. The number of fused-ring (bicyclic) bond motifs is 1. The number of nitrogens with one attached hydrogen (secondary N) is 1. The SMILES string of the molecule is O=C(c1ccc2nc(Cl)cc(NCCc3ccc([N+](=O)[O-])cc3)c2c1)N1CCOCC1. The Kier molecular flexibility index (Phi) is 6.29. The normalized spacial score (nSPS) is 13.9. The number of amides is 1. The van der Waals surface area contributed by atoms with E-state index < -0.39 is 4.92 Å². The van der Waals surface area contributed by atoms with Gasteiger partial charge in [0, 0.05) is 48.4 Å². The molecule has 3 aromatic rings. The van der Waals surface area contributed by atoms with E-state index in [1.54, 1.807) is 35.2 Å². The molecule has 1 aromatic heterocycles. The first kappa shape index (κ1) is 21.0. The second-order valence-electron chi connectivity index (χ2n) is 7.23. The highest BCUT2D eigenvalue weighted by Crippen LogP contribution is 2.27. The number of nitrogens with zero attached hydrogens (tertiary/aromatic N) is 3. The zero-order chi connectivity index (χ0) is 21.8. The third-order valence-electron chi connectivity index (χ3n) is 5.20. The van der Waals surface area contributed by atoms with Crippen molar-refractivity contribution in [2.75, 3.05) is 38.2 Å². The molecule has 0 aliphatic carbocycles. The molecule has 1 amide bonds. The number of carbonyl (C=O) groups excluding carboxylic acids is 1. The van der Waals surface area contributed by atoms with Crippen LogP contribution in [0.1, 0.15) is 15.9 Å². The number of pyridine rings is 1. The molecule has 1 aliphatic rings. The predicted molar refractivity (Wildman–Crippen MR) is 119 cm³/mol. The van der Waals surface area contributed by atoms with Crippen LogP contribution in [-0.2, 0) is 11.2 Å². The van der Waals surface area contributed by atoms with Gasteiger partial charge in [-0.05, 0) is 36.2 Å². The van der Waals surface area contributed by atoms with E-state index in [0.29, 0.717) is 55.5 Å². The summed E-state index contributed by atoms with van der Waals surface area (Å²) >= 11 is 6.19. The Hall–Kier alpha value is -3.23. The van der Waals surface area contributed by atoms with Crippen molar-refractivity contribution in [1.29, 1.82) is 0 Å². The second kappa shape index (κ2) is 9.28. The van der Waals surface area contributed by atoms with Crippen molar-refractivity contribution < 1.29 is 14.5 Å². The summed E-state index contributed by atoms with van der Waals surface area (Å²) in [4.78, 5) is 29.4. The molecule has 2 aromatic carbocycles. The monoisotopic (exact) mass is 440 g/mol. The first-order valence-electron chi connectivity index (χ1n) is 9.96. The van der Waals surface area contributed by atoms with Crippen molar-refractivity contribution in [3.8, 4) is 0 Å². The smallest absolute Gasteiger partial charge is 0.269 e. The van der Waals surface area contributed by atoms with Gasteiger partial charge in [0.2, 0.25) is 0 Å². The van der Waals surface area contributed by atoms with E-state index in [4.69, 9.17) is 16.3 Å². The largest absolute Gasteiger partial charge is 0.384 e. The lowest BCUT2D eigenvalue weighted by atomic mass is 10.1. The lowest BCUT2D eigenvalue weighted by Crippen LogP contribution is -2.40. The zero-order valence-electron chi connectivity index (χ0n) is 16.7. The van der Waals surface area contributed by atoms with E-state index in [2.05, 4.69) is 10.3 Å². The molecule has 0 spiro atoms. The topological polar surface area (TPSA) is 97.6 Å². The fourth-order valence-electron chi connectivity index (χ4n) is 3.55. The van der Waals surface area contributed by atoms with Crippen LogP contribution in [0.4, 0.5) is 11.4 Å². The number of hydrogen-bond acceptors (Lipinski definition) is 6. The molecule has 2 heterocycles. The Morgan fingerprint density at radius 1 is 1.16 bits per heavy atom. The molecule has 31 heavy (non-hydrogen) atoms. The van der Waals surface area contributed by atoms with Crippen LogP contribution in [0, 0.1) is 10.1 Å². The number of anilines is 1. The van der Waals surface area contributed by atoms with Crippen molar-refractivity contribution in [2.45, 2.75) is 6.42 Å². The van der Waals surface area contributed by atoms with Gasteiger partial charge in [-0.2, -0.15) is 0 Å². The van der Waals surface area contributed by atoms with Crippen LogP contribution < -0.4 is 5.32 Å². The van der Waals surface area contributed by atoms with Gasteiger partial charge in [-0.15, -0.1) is 0 Å². The van der Waals surface area contributed by atoms with Gasteiger partial charge in [0.05, 0.1) is 23.7 Å². The molecule has 1 saturated heterocycles. The minimum Gasteiger partial charge on any atom is -0.384 e. The summed E-state index contributed by atoms with van der Waals surface area (Å²) in [6.45, 7) is 2.85. The van der Waals surface area contributed by atoms with Crippen molar-refractivity contribution in [2.24, 2.45) is 0 Å². The van der Waals surface area contributed by atoms with Gasteiger partial charge in [0.25, 0.3) is 11.6 Å². The highest BCUT2D eigenvalue weighted by molar-refractivity contribution is 6.30. The number of rotatable bonds is 6. The van der Waals surface area contributed by atoms with Gasteiger partial charge in [0.1, 0.15) is 5.15 Å². The lowest BCUT2D eigenvalue weighted by molar-refractivity contribution is -0.384. The fourth-order valence-corrected chi connectivity index (χ4v) is 3.75. The van der Waals surface area contributed by atoms with Crippen molar-refractivity contribution in [3.05, 3.63) is 74.9 Å². The molecular weight excluding hydrogens is 420 g/mol. The fraction of sp³-hybridized carbons (Fsp3) is 0.273. The van der Waals surface area contributed by atoms with Crippen LogP contribution in [0.15, 0.2) is 48.5 Å². The maximum Gasteiger partial charge on any atom is 0.269 e. The van der Waals surface area contributed by atoms with Crippen LogP contribution in [0.3, 0.4) is 0 Å². The Balaban J connectivity index is 1.51. The summed E-state index contributed by atoms with van der Waals surface area (Å²) in [6.07, 6.45) is 0.672. The van der Waals surface area contributed by atoms with E-state index in [1.165, 1.54) is 12.1 Å². The molecule has 0 unspecified atom stereocenters. The van der Waals surface area contributed by atoms with Gasteiger partial charge < -0.3 is 15.0 Å². The van der Waals surface area contributed by atoms with Crippen LogP contribution in [0.25, 0.3) is 10.9 Å². The maximum absolute atomic E-state index is 12.9. The molecule has 1 N–H and O–H groups in total. The number of ether oxygens (including phenoxy) is 1. The minimum absolute atomic E-state index is 0.0306. The number of nitro benzene ring substituents is 1. The van der Waals surface area contributed by atoms with E-state index in [0.717, 1.165) is 16.6 Å². The third-order valence-corrected chi connectivity index (χ3v) is 5.39. The number of carbonyl (C=O) groups is 1. The summed E-state index contributed by atoms with van der Waals surface area (Å²) < 4.78 is 5.33. The number of nitro groups is 1. The van der Waals surface area contributed by atoms with Gasteiger partial charge in [-0.1, -0.05) is 23.7 Å². The Morgan fingerprint density at radius 3 is 2.61 bits per heavy atom. The number of halogens is 1. The van der Waals surface area contributed by atoms with Gasteiger partial charge in [-0.3, -0.25) is 14.9 Å². The molecule has 0 radical (unpaired) electrons. The molecule has 9 heteroatoms. The number of non-ortho nitro benzene ring substituents is 1. The standard InChI is InChI=1S/C22H21ClN4O4/c23-21-14-20(24-8-7-15-1-4-17(5-2-15)27(29)30)18-13-16(3-6-19(18)25-21)22(28)26-9-11-31-12-10-26/h1-6,13-14H,7-12H2,(H,24,25). The lowest BCUT2D eigenvalue weighted by Gasteiger charge is -2.27. The molecule has 1 fully saturated rings. The van der Waals surface area contributed by atoms with Crippen LogP contribution in [0.2, 0.25) is 5.15 Å². The first-order chi connectivity index (χ1) is 15.0. The van der Waals surface area contributed by atoms with Crippen molar-refractivity contribution >= 4 is 39.8 Å². The van der Waals surface area contributed by atoms with Crippen LogP contribution >= 0.6 is 11.6 Å². The van der Waals surface area contributed by atoms with Gasteiger partial charge in [-0.25, -0.2) is 4.98 Å². The second-order valence-corrected chi connectivity index (χ2v) is 7.62. The summed E-state index contributed by atoms with van der Waals surface area (Å²) in [5, 5.41) is 15.3. The molecule has 160 valence electrons. The molecule has 8 nitrogen and oxygen atoms in total. The average Bonchev–Trinajstić information content (AvgIpc) is 2.79. The molecular formula is C22H21ClN4O4. The number of aromatic nitrogens is 1. The van der Waals surface area contributed by atoms with E-state index in [-0.39, 0.29) is 11.6 Å². The Labute approximate surface area is 183 Å². The average molecular weight is 441 g/mol. The molecule has 0 saturated carbocycles. The quantitative estimate of drug-likeness (QED) is 0.354. The molecule has 0 atom stereocenters. The zero-order valence-corrected chi connectivity index (χ0v) is 17.5.